The molecule has 32 heavy (non-hydrogen) atoms. The molecule has 1 unspecified atom stereocenters. The molecule has 2 fully saturated rings. The molecule has 2 amide bonds. The van der Waals surface area contributed by atoms with Gasteiger partial charge in [-0.15, -0.1) is 0 Å². The second-order valence-corrected chi connectivity index (χ2v) is 9.06. The van der Waals surface area contributed by atoms with Gasteiger partial charge in [0.25, 0.3) is 5.56 Å². The van der Waals surface area contributed by atoms with Gasteiger partial charge in [0.1, 0.15) is 11.6 Å². The molecule has 1 saturated carbocycles. The van der Waals surface area contributed by atoms with Crippen molar-refractivity contribution in [3.8, 4) is 0 Å². The van der Waals surface area contributed by atoms with Crippen LogP contribution in [-0.2, 0) is 29.0 Å². The van der Waals surface area contributed by atoms with E-state index in [1.54, 1.807) is 17.0 Å². The molecule has 1 aliphatic carbocycles. The molecule has 1 atom stereocenters. The Morgan fingerprint density at radius 3 is 2.62 bits per heavy atom. The molecule has 5 rings (SSSR count). The minimum absolute atomic E-state index is 0.0628. The molecule has 0 spiro atoms. The van der Waals surface area contributed by atoms with Crippen molar-refractivity contribution in [2.45, 2.75) is 57.5 Å². The highest BCUT2D eigenvalue weighted by molar-refractivity contribution is 5.81. The number of rotatable bonds is 4. The fraction of sp³-hybridized carbons (Fsp3) is 0.500. The molecule has 2 aliphatic heterocycles. The number of amides is 2. The quantitative estimate of drug-likeness (QED) is 0.795. The number of nitrogens with zero attached hydrogens (tertiary/aromatic N) is 3. The summed E-state index contributed by atoms with van der Waals surface area (Å²) in [6.45, 7) is 1.51. The summed E-state index contributed by atoms with van der Waals surface area (Å²) in [7, 11) is 0. The van der Waals surface area contributed by atoms with Gasteiger partial charge in [-0.25, -0.2) is 9.37 Å². The van der Waals surface area contributed by atoms with E-state index in [4.69, 9.17) is 4.98 Å². The zero-order chi connectivity index (χ0) is 22.2. The largest absolute Gasteiger partial charge is 0.336 e. The van der Waals surface area contributed by atoms with E-state index >= 15 is 0 Å². The maximum absolute atomic E-state index is 13.2. The van der Waals surface area contributed by atoms with Crippen molar-refractivity contribution >= 4 is 11.8 Å². The van der Waals surface area contributed by atoms with Gasteiger partial charge < -0.3 is 14.8 Å². The average molecular weight is 439 g/mol. The summed E-state index contributed by atoms with van der Waals surface area (Å²) >= 11 is 0. The second kappa shape index (κ2) is 8.48. The monoisotopic (exact) mass is 438 g/mol. The van der Waals surface area contributed by atoms with Crippen molar-refractivity contribution < 1.29 is 14.0 Å². The van der Waals surface area contributed by atoms with E-state index in [1.165, 1.54) is 12.1 Å². The molecule has 0 radical (unpaired) electrons. The van der Waals surface area contributed by atoms with Crippen molar-refractivity contribution in [3.05, 3.63) is 63.1 Å². The van der Waals surface area contributed by atoms with Crippen molar-refractivity contribution in [2.75, 3.05) is 13.1 Å². The first-order valence-corrected chi connectivity index (χ1v) is 11.4. The molecule has 1 saturated heterocycles. The summed E-state index contributed by atoms with van der Waals surface area (Å²) in [5.74, 6) is 0.403. The number of halogens is 1. The van der Waals surface area contributed by atoms with E-state index in [-0.39, 0.29) is 41.6 Å². The first-order valence-electron chi connectivity index (χ1n) is 11.4. The van der Waals surface area contributed by atoms with Gasteiger partial charge in [0, 0.05) is 24.6 Å². The number of hydrogen-bond donors (Lipinski definition) is 1. The number of carbonyl (C=O) groups is 2. The van der Waals surface area contributed by atoms with E-state index < -0.39 is 0 Å². The minimum atomic E-state index is -0.331. The highest BCUT2D eigenvalue weighted by Crippen LogP contribution is 2.33. The van der Waals surface area contributed by atoms with Crippen LogP contribution in [0.5, 0.6) is 0 Å². The van der Waals surface area contributed by atoms with E-state index in [2.05, 4.69) is 4.98 Å². The number of nitrogens with one attached hydrogen (secondary N) is 1. The van der Waals surface area contributed by atoms with E-state index in [1.807, 2.05) is 4.90 Å². The molecule has 8 heteroatoms. The van der Waals surface area contributed by atoms with Gasteiger partial charge in [-0.1, -0.05) is 12.1 Å². The lowest BCUT2D eigenvalue weighted by molar-refractivity contribution is -0.134. The molecule has 1 aromatic carbocycles. The molecule has 0 bridgehead atoms. The van der Waals surface area contributed by atoms with E-state index in [9.17, 15) is 18.8 Å². The molecule has 1 N–H and O–H groups in total. The van der Waals surface area contributed by atoms with Gasteiger partial charge in [0.05, 0.1) is 24.7 Å². The lowest BCUT2D eigenvalue weighted by Gasteiger charge is -2.36. The molecular formula is C24H27FN4O3. The molecule has 7 nitrogen and oxygen atoms in total. The number of aromatic nitrogens is 2. The number of H-pyrrole nitrogens is 1. The SMILES string of the molecule is O=C(C1CC1)N1CCc2c(nc(C3CCCCN3C(=O)Cc3ccc(F)cc3)[nH]c2=O)C1. The summed E-state index contributed by atoms with van der Waals surface area (Å²) in [6, 6.07) is 5.65. The maximum atomic E-state index is 13.2. The van der Waals surface area contributed by atoms with Crippen LogP contribution in [0.15, 0.2) is 29.1 Å². The molecule has 3 heterocycles. The molecule has 2 aromatic rings. The lowest BCUT2D eigenvalue weighted by atomic mass is 9.99. The van der Waals surface area contributed by atoms with Crippen LogP contribution >= 0.6 is 0 Å². The zero-order valence-corrected chi connectivity index (χ0v) is 18.0. The normalized spacial score (nSPS) is 20.7. The maximum Gasteiger partial charge on any atom is 0.254 e. The third kappa shape index (κ3) is 4.18. The Hall–Kier alpha value is -3.03. The number of benzene rings is 1. The number of carbonyl (C=O) groups excluding carboxylic acids is 2. The van der Waals surface area contributed by atoms with Gasteiger partial charge in [0.15, 0.2) is 0 Å². The van der Waals surface area contributed by atoms with Crippen molar-refractivity contribution in [3.63, 3.8) is 0 Å². The van der Waals surface area contributed by atoms with Crippen LogP contribution in [0.3, 0.4) is 0 Å². The fourth-order valence-electron chi connectivity index (χ4n) is 4.79. The molecule has 3 aliphatic rings. The Morgan fingerprint density at radius 2 is 1.88 bits per heavy atom. The summed E-state index contributed by atoms with van der Waals surface area (Å²) in [5, 5.41) is 0. The Bertz CT molecular complexity index is 1090. The summed E-state index contributed by atoms with van der Waals surface area (Å²) in [5.41, 5.74) is 1.89. The van der Waals surface area contributed by atoms with Crippen LogP contribution in [0.4, 0.5) is 4.39 Å². The molecular weight excluding hydrogens is 411 g/mol. The van der Waals surface area contributed by atoms with E-state index in [0.717, 1.165) is 37.7 Å². The number of likely N-dealkylation sites (tertiary alicyclic amines) is 1. The Morgan fingerprint density at radius 1 is 1.09 bits per heavy atom. The topological polar surface area (TPSA) is 86.4 Å². The second-order valence-electron chi connectivity index (χ2n) is 9.06. The summed E-state index contributed by atoms with van der Waals surface area (Å²) < 4.78 is 13.2. The predicted octanol–water partition coefficient (Wildman–Crippen LogP) is 2.50. The summed E-state index contributed by atoms with van der Waals surface area (Å²) in [4.78, 5) is 49.7. The van der Waals surface area contributed by atoms with Gasteiger partial charge in [-0.2, -0.15) is 0 Å². The third-order valence-corrected chi connectivity index (χ3v) is 6.74. The first-order chi connectivity index (χ1) is 15.5. The van der Waals surface area contributed by atoms with E-state index in [0.29, 0.717) is 43.1 Å². The zero-order valence-electron chi connectivity index (χ0n) is 18.0. The molecule has 168 valence electrons. The third-order valence-electron chi connectivity index (χ3n) is 6.74. The van der Waals surface area contributed by atoms with Gasteiger partial charge in [0.2, 0.25) is 11.8 Å². The van der Waals surface area contributed by atoms with Crippen molar-refractivity contribution in [2.24, 2.45) is 5.92 Å². The van der Waals surface area contributed by atoms with Crippen LogP contribution < -0.4 is 5.56 Å². The van der Waals surface area contributed by atoms with Crippen molar-refractivity contribution in [1.29, 1.82) is 0 Å². The van der Waals surface area contributed by atoms with Crippen LogP contribution in [0.2, 0.25) is 0 Å². The van der Waals surface area contributed by atoms with Crippen LogP contribution in [-0.4, -0.2) is 44.7 Å². The van der Waals surface area contributed by atoms with Gasteiger partial charge in [-0.3, -0.25) is 14.4 Å². The Kier molecular flexibility index (Phi) is 5.53. The Balaban J connectivity index is 1.38. The first kappa shape index (κ1) is 20.8. The standard InChI is InChI=1S/C24H27FN4O3/c25-17-8-4-15(5-9-17)13-21(30)29-11-2-1-3-20(29)22-26-19-14-28(24(32)16-6-7-16)12-10-18(19)23(31)27-22/h4-5,8-9,16,20H,1-3,6-7,10-14H2,(H,26,27,31). The highest BCUT2D eigenvalue weighted by Gasteiger charge is 2.36. The van der Waals surface area contributed by atoms with Crippen LogP contribution in [0, 0.1) is 11.7 Å². The number of hydrogen-bond acceptors (Lipinski definition) is 4. The fourth-order valence-corrected chi connectivity index (χ4v) is 4.79. The number of fused-ring (bicyclic) bond motifs is 1. The number of aromatic amines is 1. The summed E-state index contributed by atoms with van der Waals surface area (Å²) in [6.07, 6.45) is 5.14. The predicted molar refractivity (Wildman–Crippen MR) is 115 cm³/mol. The van der Waals surface area contributed by atoms with Crippen LogP contribution in [0.25, 0.3) is 0 Å². The lowest BCUT2D eigenvalue weighted by Crippen LogP contribution is -2.43. The van der Waals surface area contributed by atoms with Gasteiger partial charge in [-0.05, 0) is 56.2 Å². The smallest absolute Gasteiger partial charge is 0.254 e. The molecule has 1 aromatic heterocycles. The van der Waals surface area contributed by atoms with Gasteiger partial charge >= 0.3 is 0 Å². The number of piperidine rings is 1. The Labute approximate surface area is 185 Å². The minimum Gasteiger partial charge on any atom is -0.336 e. The van der Waals surface area contributed by atoms with Crippen molar-refractivity contribution in [1.82, 2.24) is 19.8 Å². The van der Waals surface area contributed by atoms with Crippen LogP contribution in [0.1, 0.15) is 60.8 Å². The average Bonchev–Trinajstić information content (AvgIpc) is 3.65. The highest BCUT2D eigenvalue weighted by atomic mass is 19.1.